The first-order valence-corrected chi connectivity index (χ1v) is 13.0. The molecule has 1 atom stereocenters. The number of ether oxygens (including phenoxy) is 2. The molecule has 2 N–H and O–H groups in total. The maximum atomic E-state index is 12.5. The molecule has 0 bridgehead atoms. The van der Waals surface area contributed by atoms with Gasteiger partial charge in [0, 0.05) is 17.1 Å². The van der Waals surface area contributed by atoms with Gasteiger partial charge in [0.2, 0.25) is 15.9 Å². The molecule has 0 fully saturated rings. The molecule has 0 aromatic heterocycles. The van der Waals surface area contributed by atoms with Crippen LogP contribution in [0.5, 0.6) is 11.5 Å². The van der Waals surface area contributed by atoms with Crippen LogP contribution in [0.15, 0.2) is 42.5 Å². The van der Waals surface area contributed by atoms with Crippen molar-refractivity contribution in [1.82, 2.24) is 10.0 Å². The fourth-order valence-corrected chi connectivity index (χ4v) is 4.04. The molecule has 2 aromatic rings. The molecule has 0 aliphatic heterocycles. The lowest BCUT2D eigenvalue weighted by molar-refractivity contribution is -0.123. The molecule has 1 amide bonds. The molecule has 0 spiro atoms. The number of benzene rings is 2. The molecule has 0 aliphatic carbocycles. The average molecular weight is 507 g/mol. The summed E-state index contributed by atoms with van der Waals surface area (Å²) in [5, 5.41) is 3.47. The number of nitrogens with one attached hydrogen (secondary N) is 2. The van der Waals surface area contributed by atoms with E-state index in [1.165, 1.54) is 6.92 Å². The van der Waals surface area contributed by atoms with Gasteiger partial charge in [0.1, 0.15) is 12.6 Å². The molecule has 0 saturated carbocycles. The van der Waals surface area contributed by atoms with Gasteiger partial charge in [-0.3, -0.25) is 4.79 Å². The lowest BCUT2D eigenvalue weighted by Crippen LogP contribution is -2.50. The minimum Gasteiger partial charge on any atom is -0.493 e. The summed E-state index contributed by atoms with van der Waals surface area (Å²) in [4.78, 5) is 12.5. The van der Waals surface area contributed by atoms with Crippen molar-refractivity contribution in [2.24, 2.45) is 5.92 Å². The molecular weight excluding hydrogens is 476 g/mol. The van der Waals surface area contributed by atoms with Crippen LogP contribution in [0.1, 0.15) is 31.9 Å². The Hall–Kier alpha value is -2.73. The molecule has 2 aromatic carbocycles. The number of hydrogen-bond acceptors (Lipinski definition) is 5. The molecule has 0 saturated heterocycles. The number of sulfonamides is 1. The van der Waals surface area contributed by atoms with Crippen LogP contribution < -0.4 is 19.5 Å². The van der Waals surface area contributed by atoms with E-state index in [0.717, 1.165) is 11.1 Å². The highest BCUT2D eigenvalue weighted by Gasteiger charge is 2.26. The number of hydrogen-bond donors (Lipinski definition) is 2. The fraction of sp³-hybridized carbons (Fsp3) is 0.400. The smallest absolute Gasteiger partial charge is 0.238 e. The highest BCUT2D eigenvalue weighted by Crippen LogP contribution is 2.28. The summed E-state index contributed by atoms with van der Waals surface area (Å²) in [6, 6.07) is 11.9. The molecule has 0 radical (unpaired) electrons. The SMILES string of the molecule is CCS(=O)(=O)NC(C(=O)NCCc1ccc(OCC#Cc2ccc(Cl)cc2)c(OC)c1)C(C)C. The minimum atomic E-state index is -3.48. The summed E-state index contributed by atoms with van der Waals surface area (Å²) < 4.78 is 37.3. The van der Waals surface area contributed by atoms with Gasteiger partial charge >= 0.3 is 0 Å². The highest BCUT2D eigenvalue weighted by molar-refractivity contribution is 7.89. The lowest BCUT2D eigenvalue weighted by Gasteiger charge is -2.21. The maximum absolute atomic E-state index is 12.5. The topological polar surface area (TPSA) is 93.7 Å². The summed E-state index contributed by atoms with van der Waals surface area (Å²) in [5.41, 5.74) is 1.78. The number of halogens is 1. The van der Waals surface area contributed by atoms with Gasteiger partial charge in [-0.05, 0) is 61.2 Å². The number of carbonyl (C=O) groups excluding carboxylic acids is 1. The molecular formula is C25H31ClN2O5S. The zero-order valence-electron chi connectivity index (χ0n) is 19.9. The Labute approximate surface area is 207 Å². The Morgan fingerprint density at radius 1 is 1.12 bits per heavy atom. The van der Waals surface area contributed by atoms with Crippen molar-refractivity contribution >= 4 is 27.5 Å². The molecule has 0 aliphatic rings. The maximum Gasteiger partial charge on any atom is 0.238 e. The van der Waals surface area contributed by atoms with E-state index in [9.17, 15) is 13.2 Å². The van der Waals surface area contributed by atoms with Gasteiger partial charge in [-0.2, -0.15) is 0 Å². The van der Waals surface area contributed by atoms with Gasteiger partial charge < -0.3 is 14.8 Å². The van der Waals surface area contributed by atoms with Crippen molar-refractivity contribution in [2.45, 2.75) is 33.2 Å². The Balaban J connectivity index is 1.91. The van der Waals surface area contributed by atoms with E-state index in [-0.39, 0.29) is 24.2 Å². The van der Waals surface area contributed by atoms with Crippen LogP contribution in [0.3, 0.4) is 0 Å². The molecule has 184 valence electrons. The predicted molar refractivity (Wildman–Crippen MR) is 135 cm³/mol. The standard InChI is InChI=1S/C25H31ClN2O5S/c1-5-34(30,31)28-24(18(2)3)25(29)27-15-14-20-10-13-22(23(17-20)32-4)33-16-6-7-19-8-11-21(26)12-9-19/h8-13,17-18,24,28H,5,14-16H2,1-4H3,(H,27,29). The molecule has 1 unspecified atom stereocenters. The van der Waals surface area contributed by atoms with Crippen LogP contribution in [0.2, 0.25) is 5.02 Å². The van der Waals surface area contributed by atoms with Crippen molar-refractivity contribution < 1.29 is 22.7 Å². The third-order valence-electron chi connectivity index (χ3n) is 4.95. The average Bonchev–Trinajstić information content (AvgIpc) is 2.81. The van der Waals surface area contributed by atoms with Crippen LogP contribution in [0.4, 0.5) is 0 Å². The number of rotatable bonds is 11. The minimum absolute atomic E-state index is 0.0789. The summed E-state index contributed by atoms with van der Waals surface area (Å²) >= 11 is 5.87. The first-order chi connectivity index (χ1) is 16.1. The van der Waals surface area contributed by atoms with Crippen molar-refractivity contribution in [3.63, 3.8) is 0 Å². The van der Waals surface area contributed by atoms with E-state index in [2.05, 4.69) is 21.9 Å². The van der Waals surface area contributed by atoms with Crippen molar-refractivity contribution in [3.8, 4) is 23.3 Å². The summed E-state index contributed by atoms with van der Waals surface area (Å²) in [6.07, 6.45) is 0.546. The molecule has 2 rings (SSSR count). The number of methoxy groups -OCH3 is 1. The lowest BCUT2D eigenvalue weighted by atomic mass is 10.0. The Kier molecular flexibility index (Phi) is 10.7. The van der Waals surface area contributed by atoms with Gasteiger partial charge in [-0.1, -0.05) is 43.4 Å². The predicted octanol–water partition coefficient (Wildman–Crippen LogP) is 3.40. The molecule has 0 heterocycles. The van der Waals surface area contributed by atoms with E-state index in [1.807, 2.05) is 24.3 Å². The van der Waals surface area contributed by atoms with E-state index in [1.54, 1.807) is 39.2 Å². The normalized spacial score (nSPS) is 11.9. The van der Waals surface area contributed by atoms with E-state index >= 15 is 0 Å². The summed E-state index contributed by atoms with van der Waals surface area (Å²) in [7, 11) is -1.93. The van der Waals surface area contributed by atoms with E-state index in [0.29, 0.717) is 29.5 Å². The number of amides is 1. The Morgan fingerprint density at radius 3 is 2.44 bits per heavy atom. The van der Waals surface area contributed by atoms with Crippen LogP contribution >= 0.6 is 11.6 Å². The zero-order chi connectivity index (χ0) is 25.1. The van der Waals surface area contributed by atoms with Crippen molar-refractivity contribution in [3.05, 3.63) is 58.6 Å². The van der Waals surface area contributed by atoms with Gasteiger partial charge in [-0.25, -0.2) is 13.1 Å². The largest absolute Gasteiger partial charge is 0.493 e. The second-order valence-corrected chi connectivity index (χ2v) is 10.3. The van der Waals surface area contributed by atoms with Gasteiger partial charge in [-0.15, -0.1) is 0 Å². The van der Waals surface area contributed by atoms with Crippen LogP contribution in [-0.2, 0) is 21.2 Å². The molecule has 34 heavy (non-hydrogen) atoms. The first kappa shape index (κ1) is 27.5. The second-order valence-electron chi connectivity index (χ2n) is 7.87. The monoisotopic (exact) mass is 506 g/mol. The fourth-order valence-electron chi connectivity index (χ4n) is 2.98. The van der Waals surface area contributed by atoms with Gasteiger partial charge in [0.05, 0.1) is 12.9 Å². The molecule has 7 nitrogen and oxygen atoms in total. The van der Waals surface area contributed by atoms with Crippen molar-refractivity contribution in [1.29, 1.82) is 0 Å². The van der Waals surface area contributed by atoms with Gasteiger partial charge in [0.15, 0.2) is 11.5 Å². The first-order valence-electron chi connectivity index (χ1n) is 11.0. The Bertz CT molecular complexity index is 1120. The van der Waals surface area contributed by atoms with E-state index in [4.69, 9.17) is 21.1 Å². The quantitative estimate of drug-likeness (QED) is 0.455. The van der Waals surface area contributed by atoms with Crippen LogP contribution in [-0.4, -0.2) is 46.4 Å². The third-order valence-corrected chi connectivity index (χ3v) is 6.58. The van der Waals surface area contributed by atoms with Gasteiger partial charge in [0.25, 0.3) is 0 Å². The van der Waals surface area contributed by atoms with Crippen LogP contribution in [0, 0.1) is 17.8 Å². The third kappa shape index (κ3) is 8.90. The second kappa shape index (κ2) is 13.2. The zero-order valence-corrected chi connectivity index (χ0v) is 21.4. The highest BCUT2D eigenvalue weighted by atomic mass is 35.5. The van der Waals surface area contributed by atoms with Crippen molar-refractivity contribution in [2.75, 3.05) is 26.0 Å². The number of carbonyl (C=O) groups is 1. The Morgan fingerprint density at radius 2 is 1.82 bits per heavy atom. The summed E-state index contributed by atoms with van der Waals surface area (Å²) in [6.45, 7) is 5.67. The van der Waals surface area contributed by atoms with Crippen LogP contribution in [0.25, 0.3) is 0 Å². The van der Waals surface area contributed by atoms with E-state index < -0.39 is 16.1 Å². The molecule has 9 heteroatoms. The summed E-state index contributed by atoms with van der Waals surface area (Å²) in [5.74, 6) is 6.48.